The molecule has 0 spiro atoms. The Balaban J connectivity index is 2.44. The fourth-order valence-electron chi connectivity index (χ4n) is 1.58. The number of amides is 2. The lowest BCUT2D eigenvalue weighted by atomic mass is 10.2. The highest BCUT2D eigenvalue weighted by Gasteiger charge is 2.11. The number of rotatable bonds is 8. The monoisotopic (exact) mass is 307 g/mol. The molecule has 0 bridgehead atoms. The third-order valence-electron chi connectivity index (χ3n) is 2.61. The van der Waals surface area contributed by atoms with Crippen molar-refractivity contribution in [2.24, 2.45) is 5.10 Å². The third-order valence-corrected chi connectivity index (χ3v) is 2.61. The van der Waals surface area contributed by atoms with Gasteiger partial charge in [0.1, 0.15) is 5.75 Å². The van der Waals surface area contributed by atoms with E-state index in [-0.39, 0.29) is 0 Å². The van der Waals surface area contributed by atoms with Crippen molar-refractivity contribution in [3.8, 4) is 5.75 Å². The zero-order valence-electron chi connectivity index (χ0n) is 12.8. The topological polar surface area (TPSA) is 89.0 Å². The largest absolute Gasteiger partial charge is 0.493 e. The molecule has 1 aromatic rings. The third kappa shape index (κ3) is 6.36. The highest BCUT2D eigenvalue weighted by Crippen LogP contribution is 2.15. The van der Waals surface area contributed by atoms with Gasteiger partial charge >= 0.3 is 11.8 Å². The van der Waals surface area contributed by atoms with Crippen molar-refractivity contribution < 1.29 is 19.1 Å². The Labute approximate surface area is 129 Å². The molecule has 0 aromatic heterocycles. The molecule has 0 aliphatic carbocycles. The van der Waals surface area contributed by atoms with Gasteiger partial charge in [-0.1, -0.05) is 12.1 Å². The summed E-state index contributed by atoms with van der Waals surface area (Å²) in [5, 5.41) is 6.23. The second kappa shape index (κ2) is 10.3. The number of hydrogen-bond acceptors (Lipinski definition) is 5. The number of ether oxygens (including phenoxy) is 2. The van der Waals surface area contributed by atoms with Crippen LogP contribution in [-0.2, 0) is 14.3 Å². The van der Waals surface area contributed by atoms with Crippen LogP contribution in [0.1, 0.15) is 18.9 Å². The molecule has 120 valence electrons. The van der Waals surface area contributed by atoms with E-state index in [0.29, 0.717) is 37.5 Å². The number of nitrogens with zero attached hydrogens (tertiary/aromatic N) is 1. The van der Waals surface area contributed by atoms with Gasteiger partial charge in [-0.2, -0.15) is 5.10 Å². The minimum Gasteiger partial charge on any atom is -0.493 e. The first kappa shape index (κ1) is 17.6. The summed E-state index contributed by atoms with van der Waals surface area (Å²) in [6.45, 7) is 3.30. The Bertz CT molecular complexity index is 517. The maximum atomic E-state index is 11.5. The second-order valence-corrected chi connectivity index (χ2v) is 4.27. The van der Waals surface area contributed by atoms with Gasteiger partial charge in [-0.15, -0.1) is 0 Å². The van der Waals surface area contributed by atoms with Crippen LogP contribution < -0.4 is 15.5 Å². The van der Waals surface area contributed by atoms with Crippen LogP contribution in [0.25, 0.3) is 0 Å². The molecule has 0 atom stereocenters. The van der Waals surface area contributed by atoms with Gasteiger partial charge in [0.15, 0.2) is 0 Å². The number of para-hydroxylation sites is 1. The Kier molecular flexibility index (Phi) is 8.29. The molecule has 0 aliphatic rings. The van der Waals surface area contributed by atoms with Gasteiger partial charge in [-0.25, -0.2) is 5.43 Å². The quantitative estimate of drug-likeness (QED) is 0.320. The molecule has 0 fully saturated rings. The maximum absolute atomic E-state index is 11.5. The first-order valence-corrected chi connectivity index (χ1v) is 7.01. The number of carbonyl (C=O) groups excluding carboxylic acids is 2. The Morgan fingerprint density at radius 2 is 2.05 bits per heavy atom. The first-order valence-electron chi connectivity index (χ1n) is 7.01. The molecule has 22 heavy (non-hydrogen) atoms. The van der Waals surface area contributed by atoms with Crippen LogP contribution in [0.3, 0.4) is 0 Å². The number of hydrazone groups is 1. The van der Waals surface area contributed by atoms with Gasteiger partial charge < -0.3 is 14.8 Å². The zero-order valence-corrected chi connectivity index (χ0v) is 12.8. The summed E-state index contributed by atoms with van der Waals surface area (Å²) in [5.74, 6) is -0.888. The van der Waals surface area contributed by atoms with E-state index in [1.807, 2.05) is 19.1 Å². The average Bonchev–Trinajstić information content (AvgIpc) is 2.53. The van der Waals surface area contributed by atoms with Crippen LogP contribution in [0.4, 0.5) is 0 Å². The minimum atomic E-state index is -0.817. The van der Waals surface area contributed by atoms with Crippen molar-refractivity contribution in [1.29, 1.82) is 0 Å². The molecule has 2 amide bonds. The summed E-state index contributed by atoms with van der Waals surface area (Å²) in [6.07, 6.45) is 2.07. The second-order valence-electron chi connectivity index (χ2n) is 4.27. The fraction of sp³-hybridized carbons (Fsp3) is 0.400. The van der Waals surface area contributed by atoms with Gasteiger partial charge in [-0.05, 0) is 25.5 Å². The van der Waals surface area contributed by atoms with Gasteiger partial charge in [0, 0.05) is 25.8 Å². The van der Waals surface area contributed by atoms with E-state index < -0.39 is 11.8 Å². The van der Waals surface area contributed by atoms with Gasteiger partial charge in [0.25, 0.3) is 0 Å². The zero-order chi connectivity index (χ0) is 16.2. The van der Waals surface area contributed by atoms with Gasteiger partial charge in [0.2, 0.25) is 0 Å². The summed E-state index contributed by atoms with van der Waals surface area (Å²) < 4.78 is 10.3. The molecule has 7 heteroatoms. The Morgan fingerprint density at radius 1 is 1.27 bits per heavy atom. The molecule has 2 N–H and O–H groups in total. The van der Waals surface area contributed by atoms with Gasteiger partial charge in [-0.3, -0.25) is 9.59 Å². The predicted octanol–water partition coefficient (Wildman–Crippen LogP) is 0.688. The van der Waals surface area contributed by atoms with E-state index >= 15 is 0 Å². The number of methoxy groups -OCH3 is 1. The van der Waals surface area contributed by atoms with E-state index in [2.05, 4.69) is 15.8 Å². The molecule has 0 radical (unpaired) electrons. The van der Waals surface area contributed by atoms with E-state index in [4.69, 9.17) is 9.47 Å². The van der Waals surface area contributed by atoms with Crippen LogP contribution >= 0.6 is 0 Å². The van der Waals surface area contributed by atoms with Crippen LogP contribution in [0.5, 0.6) is 5.75 Å². The predicted molar refractivity (Wildman–Crippen MR) is 82.9 cm³/mol. The van der Waals surface area contributed by atoms with E-state index in [9.17, 15) is 9.59 Å². The molecular weight excluding hydrogens is 286 g/mol. The standard InChI is InChI=1S/C15H21N3O4/c1-3-22-13-8-5-4-7-12(13)11-17-18-15(20)14(19)16-9-6-10-21-2/h4-5,7-8,11H,3,6,9-10H2,1-2H3,(H,16,19)(H,18,20)/b17-11-. The number of hydrogen-bond donors (Lipinski definition) is 2. The Morgan fingerprint density at radius 3 is 2.77 bits per heavy atom. The molecule has 0 heterocycles. The Hall–Kier alpha value is -2.41. The molecule has 0 saturated carbocycles. The maximum Gasteiger partial charge on any atom is 0.329 e. The van der Waals surface area contributed by atoms with Gasteiger partial charge in [0.05, 0.1) is 12.8 Å². The minimum absolute atomic E-state index is 0.372. The van der Waals surface area contributed by atoms with Crippen LogP contribution in [0.15, 0.2) is 29.4 Å². The van der Waals surface area contributed by atoms with Crippen molar-refractivity contribution in [3.63, 3.8) is 0 Å². The van der Waals surface area contributed by atoms with E-state index in [1.54, 1.807) is 19.2 Å². The van der Waals surface area contributed by atoms with Crippen molar-refractivity contribution >= 4 is 18.0 Å². The normalized spacial score (nSPS) is 10.5. The molecule has 1 rings (SSSR count). The van der Waals surface area contributed by atoms with E-state index in [1.165, 1.54) is 6.21 Å². The van der Waals surface area contributed by atoms with Crippen LogP contribution in [0.2, 0.25) is 0 Å². The molecule has 0 saturated heterocycles. The summed E-state index contributed by atoms with van der Waals surface area (Å²) in [5.41, 5.74) is 2.89. The van der Waals surface area contributed by atoms with Crippen molar-refractivity contribution in [2.45, 2.75) is 13.3 Å². The SMILES string of the molecule is CCOc1ccccc1/C=N\NC(=O)C(=O)NCCCOC. The molecular formula is C15H21N3O4. The number of nitrogens with one attached hydrogen (secondary N) is 2. The smallest absolute Gasteiger partial charge is 0.329 e. The number of benzene rings is 1. The van der Waals surface area contributed by atoms with Crippen molar-refractivity contribution in [1.82, 2.24) is 10.7 Å². The fourth-order valence-corrected chi connectivity index (χ4v) is 1.58. The number of carbonyl (C=O) groups is 2. The summed E-state index contributed by atoms with van der Waals surface area (Å²) in [7, 11) is 1.57. The van der Waals surface area contributed by atoms with Crippen molar-refractivity contribution in [3.05, 3.63) is 29.8 Å². The molecule has 0 aliphatic heterocycles. The van der Waals surface area contributed by atoms with E-state index in [0.717, 1.165) is 0 Å². The average molecular weight is 307 g/mol. The molecule has 7 nitrogen and oxygen atoms in total. The molecule has 1 aromatic carbocycles. The molecule has 0 unspecified atom stereocenters. The lowest BCUT2D eigenvalue weighted by Crippen LogP contribution is -2.38. The highest BCUT2D eigenvalue weighted by molar-refractivity contribution is 6.35. The van der Waals surface area contributed by atoms with Crippen LogP contribution in [0, 0.1) is 0 Å². The summed E-state index contributed by atoms with van der Waals surface area (Å²) in [6, 6.07) is 7.27. The van der Waals surface area contributed by atoms with Crippen molar-refractivity contribution in [2.75, 3.05) is 26.9 Å². The summed E-state index contributed by atoms with van der Waals surface area (Å²) >= 11 is 0. The summed E-state index contributed by atoms with van der Waals surface area (Å²) in [4.78, 5) is 23.0. The lowest BCUT2D eigenvalue weighted by molar-refractivity contribution is -0.139. The lowest BCUT2D eigenvalue weighted by Gasteiger charge is -2.06. The van der Waals surface area contributed by atoms with Crippen LogP contribution in [-0.4, -0.2) is 44.9 Å². The highest BCUT2D eigenvalue weighted by atomic mass is 16.5. The first-order chi connectivity index (χ1) is 10.7.